The Kier molecular flexibility index (Phi) is 8.20. The SMILES string of the molecule is COc1cc(OC)nc(C(SCCNC(=O)Nc2ccc(F)cc2F)c2ccccc2)n1. The molecule has 1 heterocycles. The van der Waals surface area contributed by atoms with Gasteiger partial charge in [-0.15, -0.1) is 11.8 Å². The zero-order valence-electron chi connectivity index (χ0n) is 17.5. The predicted molar refractivity (Wildman–Crippen MR) is 119 cm³/mol. The third-order valence-corrected chi connectivity index (χ3v) is 5.56. The van der Waals surface area contributed by atoms with Gasteiger partial charge in [-0.1, -0.05) is 30.3 Å². The number of ether oxygens (including phenoxy) is 2. The minimum atomic E-state index is -0.845. The number of benzene rings is 2. The van der Waals surface area contributed by atoms with Crippen molar-refractivity contribution in [2.75, 3.05) is 31.8 Å². The number of hydrogen-bond acceptors (Lipinski definition) is 6. The summed E-state index contributed by atoms with van der Waals surface area (Å²) in [7, 11) is 3.03. The molecule has 0 fully saturated rings. The lowest BCUT2D eigenvalue weighted by atomic mass is 10.1. The first kappa shape index (κ1) is 23.3. The molecule has 2 amide bonds. The largest absolute Gasteiger partial charge is 0.481 e. The monoisotopic (exact) mass is 460 g/mol. The number of hydrogen-bond donors (Lipinski definition) is 2. The smallest absolute Gasteiger partial charge is 0.319 e. The number of nitrogens with zero attached hydrogens (tertiary/aromatic N) is 2. The molecule has 32 heavy (non-hydrogen) atoms. The Morgan fingerprint density at radius 1 is 1.03 bits per heavy atom. The minimum Gasteiger partial charge on any atom is -0.481 e. The highest BCUT2D eigenvalue weighted by atomic mass is 32.2. The number of aromatic nitrogens is 2. The molecule has 1 aromatic heterocycles. The summed E-state index contributed by atoms with van der Waals surface area (Å²) in [6.45, 7) is 0.295. The van der Waals surface area contributed by atoms with Crippen LogP contribution >= 0.6 is 11.8 Å². The Morgan fingerprint density at radius 3 is 2.34 bits per heavy atom. The van der Waals surface area contributed by atoms with E-state index in [4.69, 9.17) is 9.47 Å². The van der Waals surface area contributed by atoms with Crippen LogP contribution in [-0.4, -0.2) is 42.5 Å². The van der Waals surface area contributed by atoms with Crippen molar-refractivity contribution in [3.63, 3.8) is 0 Å². The Labute approximate surface area is 188 Å². The van der Waals surface area contributed by atoms with Gasteiger partial charge in [-0.3, -0.25) is 0 Å². The van der Waals surface area contributed by atoms with E-state index in [0.29, 0.717) is 35.9 Å². The van der Waals surface area contributed by atoms with Crippen molar-refractivity contribution in [3.8, 4) is 11.8 Å². The fourth-order valence-electron chi connectivity index (χ4n) is 2.79. The maximum Gasteiger partial charge on any atom is 0.319 e. The van der Waals surface area contributed by atoms with Crippen molar-refractivity contribution in [1.29, 1.82) is 0 Å². The first-order valence-corrected chi connectivity index (χ1v) is 10.7. The molecule has 2 N–H and O–H groups in total. The van der Waals surface area contributed by atoms with E-state index in [0.717, 1.165) is 17.7 Å². The van der Waals surface area contributed by atoms with Crippen molar-refractivity contribution < 1.29 is 23.0 Å². The standard InChI is InChI=1S/C22H22F2N4O3S/c1-30-18-13-19(31-2)28-21(27-18)20(14-6-4-3-5-7-14)32-11-10-25-22(29)26-17-9-8-15(23)12-16(17)24/h3-9,12-13,20H,10-11H2,1-2H3,(H2,25,26,29). The topological polar surface area (TPSA) is 85.4 Å². The molecule has 3 rings (SSSR count). The molecule has 2 aromatic carbocycles. The van der Waals surface area contributed by atoms with E-state index in [-0.39, 0.29) is 10.9 Å². The van der Waals surface area contributed by atoms with E-state index >= 15 is 0 Å². The zero-order chi connectivity index (χ0) is 22.9. The van der Waals surface area contributed by atoms with E-state index in [9.17, 15) is 13.6 Å². The van der Waals surface area contributed by atoms with Crippen LogP contribution in [0.25, 0.3) is 0 Å². The lowest BCUT2D eigenvalue weighted by molar-refractivity contribution is 0.252. The van der Waals surface area contributed by atoms with Gasteiger partial charge in [-0.05, 0) is 17.7 Å². The second kappa shape index (κ2) is 11.3. The first-order chi connectivity index (χ1) is 15.5. The predicted octanol–water partition coefficient (Wildman–Crippen LogP) is 4.42. The number of urea groups is 1. The summed E-state index contributed by atoms with van der Waals surface area (Å²) in [5.74, 6) is 0.229. The Balaban J connectivity index is 1.64. The molecule has 1 atom stereocenters. The summed E-state index contributed by atoms with van der Waals surface area (Å²) in [4.78, 5) is 21.0. The number of anilines is 1. The van der Waals surface area contributed by atoms with Crippen LogP contribution in [0.2, 0.25) is 0 Å². The molecule has 0 aliphatic heterocycles. The summed E-state index contributed by atoms with van der Waals surface area (Å²) in [6.07, 6.45) is 0. The Morgan fingerprint density at radius 2 is 1.72 bits per heavy atom. The number of nitrogens with one attached hydrogen (secondary N) is 2. The molecule has 168 valence electrons. The van der Waals surface area contributed by atoms with Crippen molar-refractivity contribution in [1.82, 2.24) is 15.3 Å². The van der Waals surface area contributed by atoms with Crippen LogP contribution in [0.5, 0.6) is 11.8 Å². The molecule has 0 saturated carbocycles. The van der Waals surface area contributed by atoms with Gasteiger partial charge in [0.05, 0.1) is 31.2 Å². The normalized spacial score (nSPS) is 11.5. The van der Waals surface area contributed by atoms with E-state index in [2.05, 4.69) is 20.6 Å². The number of amides is 2. The zero-order valence-corrected chi connectivity index (χ0v) is 18.3. The van der Waals surface area contributed by atoms with Gasteiger partial charge in [0.1, 0.15) is 11.6 Å². The van der Waals surface area contributed by atoms with Crippen molar-refractivity contribution in [2.45, 2.75) is 5.25 Å². The van der Waals surface area contributed by atoms with Gasteiger partial charge in [0.2, 0.25) is 11.8 Å². The van der Waals surface area contributed by atoms with Crippen LogP contribution in [-0.2, 0) is 0 Å². The summed E-state index contributed by atoms with van der Waals surface area (Å²) in [5.41, 5.74) is 0.876. The van der Waals surface area contributed by atoms with Gasteiger partial charge in [0.25, 0.3) is 0 Å². The second-order valence-electron chi connectivity index (χ2n) is 6.48. The third kappa shape index (κ3) is 6.30. The van der Waals surface area contributed by atoms with Gasteiger partial charge in [0, 0.05) is 18.4 Å². The highest BCUT2D eigenvalue weighted by Gasteiger charge is 2.20. The fraction of sp³-hybridized carbons (Fsp3) is 0.227. The van der Waals surface area contributed by atoms with E-state index in [1.807, 2.05) is 30.3 Å². The van der Waals surface area contributed by atoms with Gasteiger partial charge in [0.15, 0.2) is 5.82 Å². The van der Waals surface area contributed by atoms with E-state index < -0.39 is 17.7 Å². The number of rotatable bonds is 9. The molecule has 0 saturated heterocycles. The van der Waals surface area contributed by atoms with Gasteiger partial charge in [-0.2, -0.15) is 9.97 Å². The highest BCUT2D eigenvalue weighted by Crippen LogP contribution is 2.35. The molecule has 3 aromatic rings. The molecule has 0 bridgehead atoms. The Bertz CT molecular complexity index is 1030. The second-order valence-corrected chi connectivity index (χ2v) is 7.69. The summed E-state index contributed by atoms with van der Waals surface area (Å²) in [6, 6.07) is 13.6. The van der Waals surface area contributed by atoms with Gasteiger partial charge in [-0.25, -0.2) is 13.6 Å². The molecule has 0 radical (unpaired) electrons. The highest BCUT2D eigenvalue weighted by molar-refractivity contribution is 7.99. The number of methoxy groups -OCH3 is 2. The van der Waals surface area contributed by atoms with Crippen LogP contribution in [0, 0.1) is 11.6 Å². The Hall–Kier alpha value is -3.40. The summed E-state index contributed by atoms with van der Waals surface area (Å²) >= 11 is 1.52. The molecule has 7 nitrogen and oxygen atoms in total. The number of carbonyl (C=O) groups excluding carboxylic acids is 1. The van der Waals surface area contributed by atoms with Crippen molar-refractivity contribution >= 4 is 23.5 Å². The molecule has 1 unspecified atom stereocenters. The number of carbonyl (C=O) groups is 1. The van der Waals surface area contributed by atoms with Gasteiger partial charge >= 0.3 is 6.03 Å². The molecular weight excluding hydrogens is 438 g/mol. The third-order valence-electron chi connectivity index (χ3n) is 4.30. The van der Waals surface area contributed by atoms with Crippen molar-refractivity contribution in [3.05, 3.63) is 77.6 Å². The summed E-state index contributed by atoms with van der Waals surface area (Å²) < 4.78 is 37.2. The van der Waals surface area contributed by atoms with E-state index in [1.54, 1.807) is 6.07 Å². The minimum absolute atomic E-state index is 0.101. The van der Waals surface area contributed by atoms with Crippen LogP contribution in [0.1, 0.15) is 16.6 Å². The summed E-state index contributed by atoms with van der Waals surface area (Å²) in [5, 5.41) is 4.78. The molecule has 10 heteroatoms. The van der Waals surface area contributed by atoms with Crippen LogP contribution in [0.3, 0.4) is 0 Å². The fourth-order valence-corrected chi connectivity index (χ4v) is 3.85. The van der Waals surface area contributed by atoms with Gasteiger partial charge < -0.3 is 20.1 Å². The lowest BCUT2D eigenvalue weighted by Gasteiger charge is -2.17. The molecule has 0 spiro atoms. The average molecular weight is 461 g/mol. The lowest BCUT2D eigenvalue weighted by Crippen LogP contribution is -2.31. The van der Waals surface area contributed by atoms with E-state index in [1.165, 1.54) is 26.0 Å². The number of halogens is 2. The first-order valence-electron chi connectivity index (χ1n) is 9.63. The average Bonchev–Trinajstić information content (AvgIpc) is 2.81. The molecule has 0 aliphatic carbocycles. The maximum absolute atomic E-state index is 13.7. The van der Waals surface area contributed by atoms with Crippen LogP contribution in [0.15, 0.2) is 54.6 Å². The quantitative estimate of drug-likeness (QED) is 0.460. The molecular formula is C22H22F2N4O3S. The maximum atomic E-state index is 13.7. The number of thioether (sulfide) groups is 1. The van der Waals surface area contributed by atoms with Crippen LogP contribution < -0.4 is 20.1 Å². The van der Waals surface area contributed by atoms with Crippen molar-refractivity contribution in [2.24, 2.45) is 0 Å². The molecule has 0 aliphatic rings. The van der Waals surface area contributed by atoms with Crippen LogP contribution in [0.4, 0.5) is 19.3 Å².